The van der Waals surface area contributed by atoms with Crippen LogP contribution in [0.4, 0.5) is 4.39 Å². The minimum atomic E-state index is -0.748. The van der Waals surface area contributed by atoms with Crippen molar-refractivity contribution < 1.29 is 14.3 Å². The average molecular weight is 513 g/mol. The lowest BCUT2D eigenvalue weighted by Gasteiger charge is -2.26. The quantitative estimate of drug-likeness (QED) is 0.453. The molecule has 1 aliphatic heterocycles. The number of hydrogen-bond donors (Lipinski definition) is 1. The topological polar surface area (TPSA) is 88.3 Å². The second-order valence-electron chi connectivity index (χ2n) is 9.10. The summed E-state index contributed by atoms with van der Waals surface area (Å²) in [5.74, 6) is -1.39. The van der Waals surface area contributed by atoms with E-state index in [1.165, 1.54) is 17.2 Å². The van der Waals surface area contributed by atoms with Crippen LogP contribution >= 0.6 is 11.6 Å². The van der Waals surface area contributed by atoms with Gasteiger partial charge in [0.25, 0.3) is 11.5 Å². The summed E-state index contributed by atoms with van der Waals surface area (Å²) in [6.07, 6.45) is 4.67. The van der Waals surface area contributed by atoms with Gasteiger partial charge in [0.05, 0.1) is 16.8 Å². The SMILES string of the molecule is CCCCc1nc(=O)c(C(=O)N2CCC(c3ncc(Cl)cc3F)C2)c(O)n1C(CC)c1ccccc1. The van der Waals surface area contributed by atoms with Crippen LogP contribution in [-0.2, 0) is 6.42 Å². The number of aromatic hydroxyl groups is 1. The summed E-state index contributed by atoms with van der Waals surface area (Å²) in [6.45, 7) is 4.51. The number of unbranched alkanes of at least 4 members (excludes halogenated alkanes) is 1. The van der Waals surface area contributed by atoms with Gasteiger partial charge in [-0.05, 0) is 30.9 Å². The smallest absolute Gasteiger partial charge is 0.289 e. The van der Waals surface area contributed by atoms with Crippen LogP contribution in [0.15, 0.2) is 47.4 Å². The van der Waals surface area contributed by atoms with Crippen LogP contribution in [0.3, 0.4) is 0 Å². The molecule has 2 atom stereocenters. The van der Waals surface area contributed by atoms with Gasteiger partial charge in [0, 0.05) is 31.6 Å². The molecule has 9 heteroatoms. The zero-order chi connectivity index (χ0) is 25.8. The maximum absolute atomic E-state index is 14.4. The Balaban J connectivity index is 1.71. The molecule has 7 nitrogen and oxygen atoms in total. The first-order chi connectivity index (χ1) is 17.3. The third-order valence-electron chi connectivity index (χ3n) is 6.72. The number of nitrogens with zero attached hydrogens (tertiary/aromatic N) is 4. The molecule has 0 aliphatic carbocycles. The van der Waals surface area contributed by atoms with E-state index in [1.807, 2.05) is 44.2 Å². The lowest BCUT2D eigenvalue weighted by molar-refractivity contribution is 0.0783. The van der Waals surface area contributed by atoms with Crippen molar-refractivity contribution in [3.05, 3.63) is 86.4 Å². The maximum Gasteiger partial charge on any atom is 0.289 e. The van der Waals surface area contributed by atoms with Crippen molar-refractivity contribution in [3.63, 3.8) is 0 Å². The van der Waals surface area contributed by atoms with E-state index in [1.54, 1.807) is 4.57 Å². The predicted octanol–water partition coefficient (Wildman–Crippen LogP) is 5.11. The van der Waals surface area contributed by atoms with Gasteiger partial charge >= 0.3 is 0 Å². The minimum absolute atomic E-state index is 0.177. The Labute approximate surface area is 214 Å². The zero-order valence-corrected chi connectivity index (χ0v) is 21.2. The molecule has 1 saturated heterocycles. The number of likely N-dealkylation sites (tertiary alicyclic amines) is 1. The summed E-state index contributed by atoms with van der Waals surface area (Å²) in [7, 11) is 0. The molecule has 190 valence electrons. The molecule has 1 N–H and O–H groups in total. The molecule has 1 aliphatic rings. The Hall–Kier alpha value is -3.26. The average Bonchev–Trinajstić information content (AvgIpc) is 3.35. The van der Waals surface area contributed by atoms with E-state index in [9.17, 15) is 19.1 Å². The molecule has 1 amide bonds. The molecule has 1 aromatic carbocycles. The summed E-state index contributed by atoms with van der Waals surface area (Å²) in [4.78, 5) is 36.4. The standard InChI is InChI=1S/C27H30ClFN4O3/c1-3-5-11-22-31-25(34)23(27(36)33(22)21(4-2)17-9-7-6-8-10-17)26(35)32-13-12-18(16-32)24-20(29)14-19(28)15-30-24/h6-10,14-15,18,21,36H,3-5,11-13,16H2,1-2H3. The fourth-order valence-corrected chi connectivity index (χ4v) is 5.03. The third-order valence-corrected chi connectivity index (χ3v) is 6.93. The molecule has 1 fully saturated rings. The summed E-state index contributed by atoms with van der Waals surface area (Å²) in [6, 6.07) is 10.6. The molecule has 3 heterocycles. The van der Waals surface area contributed by atoms with E-state index in [4.69, 9.17) is 11.6 Å². The number of halogens is 2. The first kappa shape index (κ1) is 25.8. The highest BCUT2D eigenvalue weighted by Gasteiger charge is 2.35. The number of benzene rings is 1. The Kier molecular flexibility index (Phi) is 8.04. The summed E-state index contributed by atoms with van der Waals surface area (Å²) < 4.78 is 16.0. The van der Waals surface area contributed by atoms with E-state index >= 15 is 0 Å². The maximum atomic E-state index is 14.4. The highest BCUT2D eigenvalue weighted by atomic mass is 35.5. The van der Waals surface area contributed by atoms with Crippen molar-refractivity contribution in [2.75, 3.05) is 13.1 Å². The Morgan fingerprint density at radius 1 is 1.28 bits per heavy atom. The van der Waals surface area contributed by atoms with E-state index in [-0.39, 0.29) is 40.7 Å². The lowest BCUT2D eigenvalue weighted by Crippen LogP contribution is -2.35. The molecule has 2 aromatic heterocycles. The zero-order valence-electron chi connectivity index (χ0n) is 20.5. The van der Waals surface area contributed by atoms with Gasteiger partial charge in [0.2, 0.25) is 5.88 Å². The molecule has 0 bridgehead atoms. The van der Waals surface area contributed by atoms with Gasteiger partial charge < -0.3 is 10.0 Å². The molecule has 0 saturated carbocycles. The van der Waals surface area contributed by atoms with Crippen molar-refractivity contribution in [1.82, 2.24) is 19.4 Å². The van der Waals surface area contributed by atoms with Gasteiger partial charge in [0.1, 0.15) is 11.6 Å². The summed E-state index contributed by atoms with van der Waals surface area (Å²) >= 11 is 5.82. The van der Waals surface area contributed by atoms with Crippen LogP contribution < -0.4 is 5.56 Å². The van der Waals surface area contributed by atoms with E-state index in [0.717, 1.165) is 18.4 Å². The molecule has 4 rings (SSSR count). The number of aromatic nitrogens is 3. The van der Waals surface area contributed by atoms with Crippen molar-refractivity contribution in [2.45, 2.75) is 57.9 Å². The van der Waals surface area contributed by atoms with Gasteiger partial charge in [-0.15, -0.1) is 0 Å². The second-order valence-corrected chi connectivity index (χ2v) is 9.53. The van der Waals surface area contributed by atoms with Gasteiger partial charge in [-0.1, -0.05) is 62.2 Å². The monoisotopic (exact) mass is 512 g/mol. The largest absolute Gasteiger partial charge is 0.494 e. The number of carbonyl (C=O) groups excluding carboxylic acids is 1. The number of pyridine rings is 1. The molecule has 0 radical (unpaired) electrons. The molecule has 0 spiro atoms. The normalized spacial score (nSPS) is 16.3. The molecule has 36 heavy (non-hydrogen) atoms. The van der Waals surface area contributed by atoms with E-state index in [0.29, 0.717) is 31.6 Å². The Morgan fingerprint density at radius 3 is 2.69 bits per heavy atom. The minimum Gasteiger partial charge on any atom is -0.494 e. The van der Waals surface area contributed by atoms with Gasteiger partial charge in [-0.25, -0.2) is 4.39 Å². The second kappa shape index (κ2) is 11.2. The van der Waals surface area contributed by atoms with Crippen LogP contribution in [0.5, 0.6) is 5.88 Å². The first-order valence-corrected chi connectivity index (χ1v) is 12.7. The highest BCUT2D eigenvalue weighted by molar-refractivity contribution is 6.30. The van der Waals surface area contributed by atoms with Crippen molar-refractivity contribution >= 4 is 17.5 Å². The number of amides is 1. The van der Waals surface area contributed by atoms with Crippen LogP contribution in [0.1, 0.15) is 78.9 Å². The number of carbonyl (C=O) groups is 1. The molecular weight excluding hydrogens is 483 g/mol. The highest BCUT2D eigenvalue weighted by Crippen LogP contribution is 2.33. The van der Waals surface area contributed by atoms with Gasteiger partial charge in [-0.2, -0.15) is 4.98 Å². The third kappa shape index (κ3) is 5.14. The van der Waals surface area contributed by atoms with Gasteiger partial charge in [-0.3, -0.25) is 19.1 Å². The molecular formula is C27H30ClFN4O3. The fourth-order valence-electron chi connectivity index (χ4n) is 4.89. The first-order valence-electron chi connectivity index (χ1n) is 12.3. The van der Waals surface area contributed by atoms with E-state index < -0.39 is 17.3 Å². The Bertz CT molecular complexity index is 1300. The van der Waals surface area contributed by atoms with Crippen molar-refractivity contribution in [1.29, 1.82) is 0 Å². The molecule has 2 unspecified atom stereocenters. The fraction of sp³-hybridized carbons (Fsp3) is 0.407. The van der Waals surface area contributed by atoms with Crippen molar-refractivity contribution in [3.8, 4) is 5.88 Å². The Morgan fingerprint density at radius 2 is 2.03 bits per heavy atom. The molecule has 3 aromatic rings. The van der Waals surface area contributed by atoms with Crippen LogP contribution in [0.25, 0.3) is 0 Å². The lowest BCUT2D eigenvalue weighted by atomic mass is 10.0. The summed E-state index contributed by atoms with van der Waals surface area (Å²) in [5, 5.41) is 11.6. The van der Waals surface area contributed by atoms with Crippen molar-refractivity contribution in [2.24, 2.45) is 0 Å². The van der Waals surface area contributed by atoms with Crippen LogP contribution in [0.2, 0.25) is 5.02 Å². The van der Waals surface area contributed by atoms with Crippen LogP contribution in [0, 0.1) is 5.82 Å². The number of aryl methyl sites for hydroxylation is 1. The van der Waals surface area contributed by atoms with Crippen LogP contribution in [-0.4, -0.2) is 43.5 Å². The predicted molar refractivity (Wildman–Crippen MR) is 136 cm³/mol. The number of hydrogen-bond acceptors (Lipinski definition) is 5. The number of rotatable bonds is 8. The summed E-state index contributed by atoms with van der Waals surface area (Å²) in [5.41, 5.74) is 0.0822. The van der Waals surface area contributed by atoms with E-state index in [2.05, 4.69) is 9.97 Å². The van der Waals surface area contributed by atoms with Gasteiger partial charge in [0.15, 0.2) is 5.56 Å².